The maximum absolute atomic E-state index is 11.7. The highest BCUT2D eigenvalue weighted by atomic mass is 16.4. The highest BCUT2D eigenvalue weighted by Gasteiger charge is 2.25. The van der Waals surface area contributed by atoms with Crippen molar-refractivity contribution in [2.24, 2.45) is 5.92 Å². The van der Waals surface area contributed by atoms with Crippen LogP contribution in [0.15, 0.2) is 0 Å². The van der Waals surface area contributed by atoms with Crippen molar-refractivity contribution in [2.75, 3.05) is 0 Å². The average molecular weight is 272 g/mol. The Kier molecular flexibility index (Phi) is 9.00. The van der Waals surface area contributed by atoms with E-state index in [0.717, 1.165) is 25.7 Å². The Morgan fingerprint density at radius 1 is 1.11 bits per heavy atom. The number of unbranched alkanes of at least 4 members (excludes halogenated alkanes) is 2. The van der Waals surface area contributed by atoms with Crippen LogP contribution in [-0.4, -0.2) is 29.2 Å². The number of hydrogen-bond acceptors (Lipinski definition) is 2. The zero-order valence-corrected chi connectivity index (χ0v) is 12.5. The Balaban J connectivity index is 4.15. The maximum atomic E-state index is 11.7. The van der Waals surface area contributed by atoms with E-state index in [4.69, 9.17) is 5.11 Å². The number of rotatable bonds is 9. The zero-order chi connectivity index (χ0) is 14.8. The SMILES string of the molecule is CCCCCC(C)NC(=O)NC(C(=O)O)C(C)CC. The van der Waals surface area contributed by atoms with Crippen LogP contribution in [0.25, 0.3) is 0 Å². The predicted molar refractivity (Wildman–Crippen MR) is 76.2 cm³/mol. The molecule has 19 heavy (non-hydrogen) atoms. The number of amides is 2. The molecule has 0 aromatic carbocycles. The molecule has 0 bridgehead atoms. The van der Waals surface area contributed by atoms with E-state index in [1.807, 2.05) is 20.8 Å². The smallest absolute Gasteiger partial charge is 0.326 e. The second-order valence-electron chi connectivity index (χ2n) is 5.22. The summed E-state index contributed by atoms with van der Waals surface area (Å²) >= 11 is 0. The fourth-order valence-electron chi connectivity index (χ4n) is 1.86. The quantitative estimate of drug-likeness (QED) is 0.565. The van der Waals surface area contributed by atoms with Crippen molar-refractivity contribution in [2.45, 2.75) is 71.9 Å². The number of urea groups is 1. The minimum absolute atomic E-state index is 0.0675. The summed E-state index contributed by atoms with van der Waals surface area (Å²) in [6.45, 7) is 7.81. The van der Waals surface area contributed by atoms with Gasteiger partial charge in [-0.25, -0.2) is 9.59 Å². The first-order valence-electron chi connectivity index (χ1n) is 7.22. The lowest BCUT2D eigenvalue weighted by atomic mass is 9.99. The van der Waals surface area contributed by atoms with Crippen LogP contribution in [-0.2, 0) is 4.79 Å². The van der Waals surface area contributed by atoms with E-state index in [1.165, 1.54) is 0 Å². The number of hydrogen-bond donors (Lipinski definition) is 3. The summed E-state index contributed by atoms with van der Waals surface area (Å²) in [5.41, 5.74) is 0. The lowest BCUT2D eigenvalue weighted by Gasteiger charge is -2.22. The van der Waals surface area contributed by atoms with Gasteiger partial charge in [-0.1, -0.05) is 46.5 Å². The van der Waals surface area contributed by atoms with E-state index in [0.29, 0.717) is 6.42 Å². The van der Waals surface area contributed by atoms with Gasteiger partial charge in [-0.15, -0.1) is 0 Å². The van der Waals surface area contributed by atoms with E-state index in [9.17, 15) is 9.59 Å². The van der Waals surface area contributed by atoms with Gasteiger partial charge in [0.25, 0.3) is 0 Å². The Morgan fingerprint density at radius 2 is 1.74 bits per heavy atom. The standard InChI is InChI=1S/C14H28N2O3/c1-5-7-8-9-11(4)15-14(19)16-12(13(17)18)10(3)6-2/h10-12H,5-9H2,1-4H3,(H,17,18)(H2,15,16,19). The highest BCUT2D eigenvalue weighted by molar-refractivity contribution is 5.82. The minimum atomic E-state index is -0.983. The molecule has 0 fully saturated rings. The van der Waals surface area contributed by atoms with Gasteiger partial charge in [-0.2, -0.15) is 0 Å². The van der Waals surface area contributed by atoms with Gasteiger partial charge in [0.2, 0.25) is 0 Å². The molecular weight excluding hydrogens is 244 g/mol. The molecule has 0 saturated carbocycles. The van der Waals surface area contributed by atoms with E-state index >= 15 is 0 Å². The third-order valence-electron chi connectivity index (χ3n) is 3.38. The highest BCUT2D eigenvalue weighted by Crippen LogP contribution is 2.08. The van der Waals surface area contributed by atoms with Gasteiger partial charge < -0.3 is 15.7 Å². The van der Waals surface area contributed by atoms with Crippen LogP contribution in [0.2, 0.25) is 0 Å². The van der Waals surface area contributed by atoms with Crippen molar-refractivity contribution >= 4 is 12.0 Å². The molecule has 0 radical (unpaired) electrons. The monoisotopic (exact) mass is 272 g/mol. The van der Waals surface area contributed by atoms with Crippen LogP contribution in [0.4, 0.5) is 4.79 Å². The fraction of sp³-hybridized carbons (Fsp3) is 0.857. The largest absolute Gasteiger partial charge is 0.480 e. The average Bonchev–Trinajstić information content (AvgIpc) is 2.35. The third-order valence-corrected chi connectivity index (χ3v) is 3.38. The Labute approximate surface area is 116 Å². The summed E-state index contributed by atoms with van der Waals surface area (Å²) < 4.78 is 0. The van der Waals surface area contributed by atoms with Crippen LogP contribution >= 0.6 is 0 Å². The lowest BCUT2D eigenvalue weighted by Crippen LogP contribution is -2.50. The van der Waals surface area contributed by atoms with Gasteiger partial charge in [0.1, 0.15) is 6.04 Å². The van der Waals surface area contributed by atoms with Crippen LogP contribution < -0.4 is 10.6 Å². The Morgan fingerprint density at radius 3 is 2.21 bits per heavy atom. The van der Waals surface area contributed by atoms with Gasteiger partial charge in [0, 0.05) is 6.04 Å². The molecule has 3 atom stereocenters. The molecule has 0 rings (SSSR count). The van der Waals surface area contributed by atoms with E-state index in [1.54, 1.807) is 0 Å². The third kappa shape index (κ3) is 7.70. The fourth-order valence-corrected chi connectivity index (χ4v) is 1.86. The van der Waals surface area contributed by atoms with Crippen molar-refractivity contribution in [1.82, 2.24) is 10.6 Å². The van der Waals surface area contributed by atoms with Gasteiger partial charge in [-0.3, -0.25) is 0 Å². The summed E-state index contributed by atoms with van der Waals surface area (Å²) in [5.74, 6) is -1.07. The van der Waals surface area contributed by atoms with Gasteiger partial charge in [-0.05, 0) is 19.3 Å². The second-order valence-corrected chi connectivity index (χ2v) is 5.22. The Bertz CT molecular complexity index is 282. The number of carboxylic acid groups (broad SMARTS) is 1. The molecule has 5 heteroatoms. The normalized spacial score (nSPS) is 15.4. The number of carbonyl (C=O) groups excluding carboxylic acids is 1. The van der Waals surface area contributed by atoms with Crippen LogP contribution in [0.3, 0.4) is 0 Å². The molecule has 112 valence electrons. The number of nitrogens with one attached hydrogen (secondary N) is 2. The number of carbonyl (C=O) groups is 2. The molecule has 0 aliphatic carbocycles. The molecule has 5 nitrogen and oxygen atoms in total. The van der Waals surface area contributed by atoms with Crippen molar-refractivity contribution in [3.8, 4) is 0 Å². The summed E-state index contributed by atoms with van der Waals surface area (Å²) in [6.07, 6.45) is 5.00. The minimum Gasteiger partial charge on any atom is -0.480 e. The Hall–Kier alpha value is -1.26. The van der Waals surface area contributed by atoms with Gasteiger partial charge >= 0.3 is 12.0 Å². The first-order valence-corrected chi connectivity index (χ1v) is 7.22. The molecule has 2 amide bonds. The molecule has 0 saturated heterocycles. The van der Waals surface area contributed by atoms with Crippen molar-refractivity contribution < 1.29 is 14.7 Å². The maximum Gasteiger partial charge on any atom is 0.326 e. The first kappa shape index (κ1) is 17.7. The van der Waals surface area contributed by atoms with Crippen LogP contribution in [0.1, 0.15) is 59.8 Å². The van der Waals surface area contributed by atoms with E-state index in [2.05, 4.69) is 17.6 Å². The van der Waals surface area contributed by atoms with Crippen molar-refractivity contribution in [1.29, 1.82) is 0 Å². The number of carboxylic acids is 1. The van der Waals surface area contributed by atoms with E-state index < -0.39 is 18.0 Å². The van der Waals surface area contributed by atoms with E-state index in [-0.39, 0.29) is 12.0 Å². The summed E-state index contributed by atoms with van der Waals surface area (Å²) in [7, 11) is 0. The number of aliphatic carboxylic acids is 1. The summed E-state index contributed by atoms with van der Waals surface area (Å²) in [6, 6.07) is -1.15. The van der Waals surface area contributed by atoms with Crippen LogP contribution in [0.5, 0.6) is 0 Å². The molecule has 0 aromatic rings. The van der Waals surface area contributed by atoms with Crippen LogP contribution in [0, 0.1) is 5.92 Å². The molecule has 0 heterocycles. The second kappa shape index (κ2) is 9.64. The molecule has 3 unspecified atom stereocenters. The van der Waals surface area contributed by atoms with Crippen molar-refractivity contribution in [3.63, 3.8) is 0 Å². The molecular formula is C14H28N2O3. The summed E-state index contributed by atoms with van der Waals surface area (Å²) in [4.78, 5) is 22.8. The molecule has 0 aliphatic rings. The topological polar surface area (TPSA) is 78.4 Å². The summed E-state index contributed by atoms with van der Waals surface area (Å²) in [5, 5.41) is 14.4. The first-order chi connectivity index (χ1) is 8.92. The van der Waals surface area contributed by atoms with Gasteiger partial charge in [0.15, 0.2) is 0 Å². The van der Waals surface area contributed by atoms with Gasteiger partial charge in [0.05, 0.1) is 0 Å². The molecule has 0 spiro atoms. The molecule has 0 aliphatic heterocycles. The lowest BCUT2D eigenvalue weighted by molar-refractivity contribution is -0.140. The molecule has 0 aromatic heterocycles. The van der Waals surface area contributed by atoms with Crippen molar-refractivity contribution in [3.05, 3.63) is 0 Å². The zero-order valence-electron chi connectivity index (χ0n) is 12.5. The predicted octanol–water partition coefficient (Wildman–Crippen LogP) is 2.75. The molecule has 3 N–H and O–H groups in total.